The summed E-state index contributed by atoms with van der Waals surface area (Å²) in [6.07, 6.45) is 2.36. The van der Waals surface area contributed by atoms with Crippen LogP contribution in [0.1, 0.15) is 29.5 Å². The molecule has 0 radical (unpaired) electrons. The smallest absolute Gasteiger partial charge is 0.341 e. The lowest BCUT2D eigenvalue weighted by atomic mass is 10.0. The number of aryl methyl sites for hydroxylation is 1. The van der Waals surface area contributed by atoms with E-state index in [2.05, 4.69) is 5.32 Å². The van der Waals surface area contributed by atoms with Gasteiger partial charge in [0.05, 0.1) is 12.9 Å². The van der Waals surface area contributed by atoms with Gasteiger partial charge in [-0.15, -0.1) is 11.3 Å². The van der Waals surface area contributed by atoms with Crippen molar-refractivity contribution < 1.29 is 18.7 Å². The Kier molecular flexibility index (Phi) is 5.86. The quantitative estimate of drug-likeness (QED) is 0.610. The van der Waals surface area contributed by atoms with Crippen LogP contribution in [0.25, 0.3) is 11.1 Å². The van der Waals surface area contributed by atoms with Crippen molar-refractivity contribution in [2.45, 2.75) is 19.8 Å². The van der Waals surface area contributed by atoms with Gasteiger partial charge in [-0.05, 0) is 24.6 Å². The van der Waals surface area contributed by atoms with E-state index in [1.165, 1.54) is 11.3 Å². The summed E-state index contributed by atoms with van der Waals surface area (Å²) >= 11 is 1.32. The molecular weight excluding hydrogens is 350 g/mol. The number of carbonyl (C=O) groups excluding carboxylic acids is 2. The van der Waals surface area contributed by atoms with E-state index in [1.807, 2.05) is 41.8 Å². The Morgan fingerprint density at radius 2 is 1.96 bits per heavy atom. The zero-order chi connectivity index (χ0) is 18.4. The molecule has 0 fully saturated rings. The highest BCUT2D eigenvalue weighted by molar-refractivity contribution is 7.15. The van der Waals surface area contributed by atoms with Crippen LogP contribution in [0.3, 0.4) is 0 Å². The van der Waals surface area contributed by atoms with Crippen molar-refractivity contribution in [3.63, 3.8) is 0 Å². The molecule has 26 heavy (non-hydrogen) atoms. The lowest BCUT2D eigenvalue weighted by Gasteiger charge is -2.08. The molecule has 0 atom stereocenters. The fourth-order valence-corrected chi connectivity index (χ4v) is 3.54. The molecular formula is C20H19NO4S. The van der Waals surface area contributed by atoms with Gasteiger partial charge in [0.1, 0.15) is 16.3 Å². The Bertz CT molecular complexity index is 869. The van der Waals surface area contributed by atoms with Crippen LogP contribution in [-0.2, 0) is 16.0 Å². The molecule has 2 heterocycles. The minimum atomic E-state index is -0.436. The third kappa shape index (κ3) is 4.21. The zero-order valence-corrected chi connectivity index (χ0v) is 15.2. The zero-order valence-electron chi connectivity index (χ0n) is 14.4. The Hall–Kier alpha value is -2.86. The van der Waals surface area contributed by atoms with E-state index in [4.69, 9.17) is 9.15 Å². The number of furan rings is 1. The molecule has 0 unspecified atom stereocenters. The molecule has 0 aliphatic rings. The Morgan fingerprint density at radius 3 is 2.65 bits per heavy atom. The summed E-state index contributed by atoms with van der Waals surface area (Å²) in [5.41, 5.74) is 2.06. The van der Waals surface area contributed by atoms with E-state index in [1.54, 1.807) is 19.3 Å². The third-order valence-electron chi connectivity index (χ3n) is 3.79. The fourth-order valence-electron chi connectivity index (χ4n) is 2.57. The van der Waals surface area contributed by atoms with Crippen LogP contribution in [0.15, 0.2) is 58.5 Å². The number of benzene rings is 1. The molecule has 0 bridgehead atoms. The van der Waals surface area contributed by atoms with E-state index in [-0.39, 0.29) is 18.9 Å². The van der Waals surface area contributed by atoms with Gasteiger partial charge < -0.3 is 14.5 Å². The molecule has 0 aliphatic heterocycles. The van der Waals surface area contributed by atoms with Crippen LogP contribution in [0.4, 0.5) is 5.00 Å². The fraction of sp³-hybridized carbons (Fsp3) is 0.200. The maximum Gasteiger partial charge on any atom is 0.341 e. The Labute approximate surface area is 155 Å². The summed E-state index contributed by atoms with van der Waals surface area (Å²) in [7, 11) is 0. The van der Waals surface area contributed by atoms with Gasteiger partial charge in [0.25, 0.3) is 0 Å². The normalized spacial score (nSPS) is 10.5. The summed E-state index contributed by atoms with van der Waals surface area (Å²) in [6.45, 7) is 2.03. The molecule has 0 aliphatic carbocycles. The summed E-state index contributed by atoms with van der Waals surface area (Å²) in [5.74, 6) is 0.143. The van der Waals surface area contributed by atoms with E-state index in [9.17, 15) is 9.59 Å². The number of carbonyl (C=O) groups is 2. The molecule has 1 N–H and O–H groups in total. The van der Waals surface area contributed by atoms with E-state index >= 15 is 0 Å². The Balaban J connectivity index is 1.80. The van der Waals surface area contributed by atoms with Gasteiger partial charge in [-0.25, -0.2) is 4.79 Å². The number of ether oxygens (including phenoxy) is 1. The molecule has 134 valence electrons. The van der Waals surface area contributed by atoms with Crippen LogP contribution in [-0.4, -0.2) is 18.5 Å². The standard InChI is InChI=1S/C20H19NO4S/c1-2-24-20(23)18-16(14-7-4-3-5-8-14)13-26-19(18)21-17(22)11-10-15-9-6-12-25-15/h3-9,12-13H,2,10-11H2,1H3,(H,21,22). The van der Waals surface area contributed by atoms with Crippen molar-refractivity contribution in [3.05, 3.63) is 65.4 Å². The third-order valence-corrected chi connectivity index (χ3v) is 4.68. The first-order valence-corrected chi connectivity index (χ1v) is 9.23. The number of hydrogen-bond donors (Lipinski definition) is 1. The SMILES string of the molecule is CCOC(=O)c1c(-c2ccccc2)csc1NC(=O)CCc1ccco1. The van der Waals surface area contributed by atoms with Crippen molar-refractivity contribution in [3.8, 4) is 11.1 Å². The minimum Gasteiger partial charge on any atom is -0.469 e. The summed E-state index contributed by atoms with van der Waals surface area (Å²) < 4.78 is 10.4. The molecule has 0 saturated heterocycles. The lowest BCUT2D eigenvalue weighted by molar-refractivity contribution is -0.116. The molecule has 3 aromatic rings. The second-order valence-electron chi connectivity index (χ2n) is 5.57. The molecule has 2 aromatic heterocycles. The van der Waals surface area contributed by atoms with E-state index < -0.39 is 5.97 Å². The topological polar surface area (TPSA) is 68.5 Å². The molecule has 0 saturated carbocycles. The molecule has 6 heteroatoms. The highest BCUT2D eigenvalue weighted by atomic mass is 32.1. The summed E-state index contributed by atoms with van der Waals surface area (Å²) in [4.78, 5) is 24.8. The van der Waals surface area contributed by atoms with Crippen LogP contribution in [0.5, 0.6) is 0 Å². The highest BCUT2D eigenvalue weighted by Crippen LogP contribution is 2.36. The maximum absolute atomic E-state index is 12.5. The number of anilines is 1. The van der Waals surface area contributed by atoms with Crippen molar-refractivity contribution in [1.29, 1.82) is 0 Å². The second kappa shape index (κ2) is 8.49. The predicted molar refractivity (Wildman–Crippen MR) is 101 cm³/mol. The van der Waals surface area contributed by atoms with Crippen LogP contribution in [0, 0.1) is 0 Å². The summed E-state index contributed by atoms with van der Waals surface area (Å²) in [6, 6.07) is 13.2. The van der Waals surface area contributed by atoms with Gasteiger partial charge in [-0.2, -0.15) is 0 Å². The molecule has 1 amide bonds. The Morgan fingerprint density at radius 1 is 1.15 bits per heavy atom. The maximum atomic E-state index is 12.5. The number of amides is 1. The summed E-state index contributed by atoms with van der Waals surface area (Å²) in [5, 5.41) is 5.21. The van der Waals surface area contributed by atoms with Gasteiger partial charge in [-0.3, -0.25) is 4.79 Å². The van der Waals surface area contributed by atoms with Crippen molar-refractivity contribution >= 4 is 28.2 Å². The van der Waals surface area contributed by atoms with Crippen LogP contribution in [0.2, 0.25) is 0 Å². The van der Waals surface area contributed by atoms with Gasteiger partial charge in [-0.1, -0.05) is 30.3 Å². The first-order valence-electron chi connectivity index (χ1n) is 8.35. The highest BCUT2D eigenvalue weighted by Gasteiger charge is 2.22. The van der Waals surface area contributed by atoms with Gasteiger partial charge in [0.2, 0.25) is 5.91 Å². The van der Waals surface area contributed by atoms with Crippen molar-refractivity contribution in [2.75, 3.05) is 11.9 Å². The van der Waals surface area contributed by atoms with Crippen molar-refractivity contribution in [2.24, 2.45) is 0 Å². The molecule has 0 spiro atoms. The number of hydrogen-bond acceptors (Lipinski definition) is 5. The van der Waals surface area contributed by atoms with Crippen molar-refractivity contribution in [1.82, 2.24) is 0 Å². The number of thiophene rings is 1. The van der Waals surface area contributed by atoms with E-state index in [0.717, 1.165) is 16.9 Å². The van der Waals surface area contributed by atoms with Gasteiger partial charge >= 0.3 is 5.97 Å². The molecule has 5 nitrogen and oxygen atoms in total. The van der Waals surface area contributed by atoms with Gasteiger partial charge in [0.15, 0.2) is 0 Å². The minimum absolute atomic E-state index is 0.173. The van der Waals surface area contributed by atoms with Crippen LogP contribution < -0.4 is 5.32 Å². The van der Waals surface area contributed by atoms with Gasteiger partial charge in [0, 0.05) is 23.8 Å². The first kappa shape index (κ1) is 17.9. The average Bonchev–Trinajstić information content (AvgIpc) is 3.31. The number of nitrogens with one attached hydrogen (secondary N) is 1. The average molecular weight is 369 g/mol. The van der Waals surface area contributed by atoms with E-state index in [0.29, 0.717) is 17.0 Å². The number of rotatable bonds is 7. The second-order valence-corrected chi connectivity index (χ2v) is 6.45. The van der Waals surface area contributed by atoms with Crippen LogP contribution >= 0.6 is 11.3 Å². The molecule has 1 aromatic carbocycles. The monoisotopic (exact) mass is 369 g/mol. The molecule has 3 rings (SSSR count). The largest absolute Gasteiger partial charge is 0.469 e. The first-order chi connectivity index (χ1) is 12.7. The lowest BCUT2D eigenvalue weighted by Crippen LogP contribution is -2.15. The predicted octanol–water partition coefficient (Wildman–Crippen LogP) is 4.76. The number of esters is 1.